The van der Waals surface area contributed by atoms with Crippen LogP contribution in [0.2, 0.25) is 0 Å². The SMILES string of the molecule is CN(c1ncccc1O)C1CCCN(C(=O)OC(C)(C)C)C1. The van der Waals surface area contributed by atoms with E-state index in [9.17, 15) is 9.90 Å². The molecule has 1 atom stereocenters. The largest absolute Gasteiger partial charge is 0.504 e. The van der Waals surface area contributed by atoms with E-state index < -0.39 is 5.60 Å². The summed E-state index contributed by atoms with van der Waals surface area (Å²) >= 11 is 0. The first-order chi connectivity index (χ1) is 10.3. The van der Waals surface area contributed by atoms with E-state index in [1.165, 1.54) is 0 Å². The van der Waals surface area contributed by atoms with E-state index in [4.69, 9.17) is 4.74 Å². The fourth-order valence-corrected chi connectivity index (χ4v) is 2.60. The van der Waals surface area contributed by atoms with Gasteiger partial charge in [0.2, 0.25) is 0 Å². The summed E-state index contributed by atoms with van der Waals surface area (Å²) in [5.74, 6) is 0.693. The molecule has 6 heteroatoms. The number of likely N-dealkylation sites (tertiary alicyclic amines) is 1. The Morgan fingerprint density at radius 3 is 2.86 bits per heavy atom. The van der Waals surface area contributed by atoms with Gasteiger partial charge in [0.25, 0.3) is 0 Å². The summed E-state index contributed by atoms with van der Waals surface area (Å²) in [4.78, 5) is 20.1. The number of pyridine rings is 1. The minimum absolute atomic E-state index is 0.113. The highest BCUT2D eigenvalue weighted by Crippen LogP contribution is 2.27. The summed E-state index contributed by atoms with van der Waals surface area (Å²) in [6, 6.07) is 3.43. The second-order valence-electron chi connectivity index (χ2n) is 6.68. The molecule has 2 rings (SSSR count). The van der Waals surface area contributed by atoms with E-state index in [0.717, 1.165) is 12.8 Å². The summed E-state index contributed by atoms with van der Waals surface area (Å²) in [5.41, 5.74) is -0.491. The molecule has 6 nitrogen and oxygen atoms in total. The van der Waals surface area contributed by atoms with E-state index in [1.54, 1.807) is 23.2 Å². The number of ether oxygens (including phenoxy) is 1. The molecule has 1 N–H and O–H groups in total. The molecule has 0 spiro atoms. The zero-order chi connectivity index (χ0) is 16.3. The first-order valence-corrected chi connectivity index (χ1v) is 7.62. The van der Waals surface area contributed by atoms with Crippen LogP contribution in [0.25, 0.3) is 0 Å². The van der Waals surface area contributed by atoms with Crippen molar-refractivity contribution >= 4 is 11.9 Å². The lowest BCUT2D eigenvalue weighted by molar-refractivity contribution is 0.0199. The number of amides is 1. The standard InChI is InChI=1S/C16H25N3O3/c1-16(2,3)22-15(21)19-10-6-7-12(11-19)18(4)14-13(20)8-5-9-17-14/h5,8-9,12,20H,6-7,10-11H2,1-4H3. The smallest absolute Gasteiger partial charge is 0.410 e. The molecular formula is C16H25N3O3. The number of likely N-dealkylation sites (N-methyl/N-ethyl adjacent to an activating group) is 1. The van der Waals surface area contributed by atoms with Crippen molar-refractivity contribution in [3.63, 3.8) is 0 Å². The Kier molecular flexibility index (Phi) is 4.78. The van der Waals surface area contributed by atoms with Crippen molar-refractivity contribution in [2.75, 3.05) is 25.0 Å². The third-order valence-electron chi connectivity index (χ3n) is 3.70. The zero-order valence-corrected chi connectivity index (χ0v) is 13.7. The molecule has 2 heterocycles. The average Bonchev–Trinajstić information content (AvgIpc) is 2.45. The van der Waals surface area contributed by atoms with Gasteiger partial charge in [-0.2, -0.15) is 0 Å². The predicted molar refractivity (Wildman–Crippen MR) is 85.1 cm³/mol. The summed E-state index contributed by atoms with van der Waals surface area (Å²) in [6.07, 6.45) is 3.23. The van der Waals surface area contributed by atoms with Gasteiger partial charge >= 0.3 is 6.09 Å². The number of carbonyl (C=O) groups excluding carboxylic acids is 1. The average molecular weight is 307 g/mol. The lowest BCUT2D eigenvalue weighted by Crippen LogP contribution is -2.50. The maximum Gasteiger partial charge on any atom is 0.410 e. The number of hydrogen-bond acceptors (Lipinski definition) is 5. The van der Waals surface area contributed by atoms with Crippen molar-refractivity contribution in [1.29, 1.82) is 0 Å². The molecule has 0 aromatic carbocycles. The first kappa shape index (κ1) is 16.4. The molecule has 22 heavy (non-hydrogen) atoms. The van der Waals surface area contributed by atoms with E-state index >= 15 is 0 Å². The van der Waals surface area contributed by atoms with Gasteiger partial charge in [-0.05, 0) is 45.7 Å². The zero-order valence-electron chi connectivity index (χ0n) is 13.7. The Balaban J connectivity index is 2.04. The van der Waals surface area contributed by atoms with Gasteiger partial charge in [0, 0.05) is 32.4 Å². The van der Waals surface area contributed by atoms with Crippen molar-refractivity contribution in [2.24, 2.45) is 0 Å². The summed E-state index contributed by atoms with van der Waals surface area (Å²) < 4.78 is 5.44. The molecule has 1 aromatic heterocycles. The van der Waals surface area contributed by atoms with Crippen LogP contribution in [0.3, 0.4) is 0 Å². The van der Waals surface area contributed by atoms with E-state index in [1.807, 2.05) is 32.7 Å². The monoisotopic (exact) mass is 307 g/mol. The lowest BCUT2D eigenvalue weighted by Gasteiger charge is -2.38. The molecule has 122 valence electrons. The minimum Gasteiger partial charge on any atom is -0.504 e. The van der Waals surface area contributed by atoms with Crippen molar-refractivity contribution in [2.45, 2.75) is 45.3 Å². The van der Waals surface area contributed by atoms with Crippen LogP contribution >= 0.6 is 0 Å². The number of carbonyl (C=O) groups is 1. The molecule has 1 aromatic rings. The van der Waals surface area contributed by atoms with Gasteiger partial charge in [-0.15, -0.1) is 0 Å². The van der Waals surface area contributed by atoms with E-state index in [2.05, 4.69) is 4.98 Å². The minimum atomic E-state index is -0.491. The van der Waals surface area contributed by atoms with Gasteiger partial charge in [-0.3, -0.25) is 0 Å². The number of rotatable bonds is 2. The molecule has 1 aliphatic rings. The first-order valence-electron chi connectivity index (χ1n) is 7.62. The lowest BCUT2D eigenvalue weighted by atomic mass is 10.0. The Morgan fingerprint density at radius 2 is 2.23 bits per heavy atom. The van der Waals surface area contributed by atoms with Crippen LogP contribution < -0.4 is 4.90 Å². The van der Waals surface area contributed by atoms with Crippen LogP contribution in [-0.4, -0.2) is 52.9 Å². The Labute approximate surface area is 131 Å². The van der Waals surface area contributed by atoms with Gasteiger partial charge in [-0.1, -0.05) is 0 Å². The number of aromatic hydroxyl groups is 1. The molecule has 0 aliphatic carbocycles. The molecule has 1 unspecified atom stereocenters. The quantitative estimate of drug-likeness (QED) is 0.910. The van der Waals surface area contributed by atoms with E-state index in [-0.39, 0.29) is 17.9 Å². The molecule has 1 aliphatic heterocycles. The van der Waals surface area contributed by atoms with Crippen LogP contribution in [0, 0.1) is 0 Å². The Morgan fingerprint density at radius 1 is 1.50 bits per heavy atom. The highest BCUT2D eigenvalue weighted by molar-refractivity contribution is 5.68. The normalized spacial score (nSPS) is 18.9. The maximum absolute atomic E-state index is 12.2. The topological polar surface area (TPSA) is 65.9 Å². The van der Waals surface area contributed by atoms with Gasteiger partial charge in [-0.25, -0.2) is 9.78 Å². The highest BCUT2D eigenvalue weighted by atomic mass is 16.6. The molecule has 1 saturated heterocycles. The molecule has 1 fully saturated rings. The Hall–Kier alpha value is -1.98. The number of nitrogens with zero attached hydrogens (tertiary/aromatic N) is 3. The van der Waals surface area contributed by atoms with E-state index in [0.29, 0.717) is 18.9 Å². The van der Waals surface area contributed by atoms with Crippen molar-refractivity contribution in [3.05, 3.63) is 18.3 Å². The maximum atomic E-state index is 12.2. The van der Waals surface area contributed by atoms with Crippen LogP contribution in [0.4, 0.5) is 10.6 Å². The van der Waals surface area contributed by atoms with Crippen molar-refractivity contribution in [1.82, 2.24) is 9.88 Å². The predicted octanol–water partition coefficient (Wildman–Crippen LogP) is 2.62. The summed E-state index contributed by atoms with van der Waals surface area (Å²) in [6.45, 7) is 6.87. The van der Waals surface area contributed by atoms with Gasteiger partial charge in [0.05, 0.1) is 0 Å². The second kappa shape index (κ2) is 6.42. The summed E-state index contributed by atoms with van der Waals surface area (Å²) in [5, 5.41) is 9.93. The summed E-state index contributed by atoms with van der Waals surface area (Å²) in [7, 11) is 1.89. The molecule has 0 bridgehead atoms. The van der Waals surface area contributed by atoms with Crippen LogP contribution in [0.1, 0.15) is 33.6 Å². The fraction of sp³-hybridized carbons (Fsp3) is 0.625. The number of aromatic nitrogens is 1. The fourth-order valence-electron chi connectivity index (χ4n) is 2.60. The molecular weight excluding hydrogens is 282 g/mol. The Bertz CT molecular complexity index is 528. The van der Waals surface area contributed by atoms with Crippen molar-refractivity contribution < 1.29 is 14.6 Å². The third kappa shape index (κ3) is 4.02. The third-order valence-corrected chi connectivity index (χ3v) is 3.70. The van der Waals surface area contributed by atoms with Crippen LogP contribution in [-0.2, 0) is 4.74 Å². The van der Waals surface area contributed by atoms with Gasteiger partial charge < -0.3 is 19.6 Å². The molecule has 1 amide bonds. The number of anilines is 1. The molecule has 0 saturated carbocycles. The van der Waals surface area contributed by atoms with Crippen molar-refractivity contribution in [3.8, 4) is 5.75 Å². The molecule has 0 radical (unpaired) electrons. The van der Waals surface area contributed by atoms with Crippen LogP contribution in [0.5, 0.6) is 5.75 Å². The highest BCUT2D eigenvalue weighted by Gasteiger charge is 2.30. The number of piperidine rings is 1. The van der Waals surface area contributed by atoms with Gasteiger partial charge in [0.1, 0.15) is 5.60 Å². The van der Waals surface area contributed by atoms with Crippen LogP contribution in [0.15, 0.2) is 18.3 Å². The number of hydrogen-bond donors (Lipinski definition) is 1. The van der Waals surface area contributed by atoms with Gasteiger partial charge in [0.15, 0.2) is 11.6 Å². The second-order valence-corrected chi connectivity index (χ2v) is 6.68.